The van der Waals surface area contributed by atoms with Crippen LogP contribution in [0.5, 0.6) is 0 Å². The van der Waals surface area contributed by atoms with Gasteiger partial charge in [-0.25, -0.2) is 4.79 Å². The molecule has 4 N–H and O–H groups in total. The Morgan fingerprint density at radius 3 is 2.48 bits per heavy atom. The first-order chi connectivity index (χ1) is 12.6. The Labute approximate surface area is 165 Å². The third kappa shape index (κ3) is 6.27. The van der Waals surface area contributed by atoms with Crippen molar-refractivity contribution in [3.8, 4) is 0 Å². The molecule has 2 aromatic carbocycles. The first kappa shape index (κ1) is 20.7. The van der Waals surface area contributed by atoms with Crippen molar-refractivity contribution in [1.82, 2.24) is 5.32 Å². The second-order valence-electron chi connectivity index (χ2n) is 6.52. The smallest absolute Gasteiger partial charge is 0.323 e. The number of para-hydroxylation sites is 1. The zero-order valence-corrected chi connectivity index (χ0v) is 16.1. The zero-order chi connectivity index (χ0) is 18.4. The highest BCUT2D eigenvalue weighted by Crippen LogP contribution is 2.21. The van der Waals surface area contributed by atoms with E-state index in [4.69, 9.17) is 0 Å². The molecule has 2 aromatic rings. The van der Waals surface area contributed by atoms with Crippen molar-refractivity contribution in [1.29, 1.82) is 0 Å². The molecular weight excluding hydrogens is 364 g/mol. The number of carbonyl (C=O) groups is 2. The average Bonchev–Trinajstić information content (AvgIpc) is 3.11. The summed E-state index contributed by atoms with van der Waals surface area (Å²) in [5.41, 5.74) is 3.00. The summed E-state index contributed by atoms with van der Waals surface area (Å²) in [4.78, 5) is 24.4. The molecule has 3 amide bonds. The fourth-order valence-electron chi connectivity index (χ4n) is 3.01. The molecule has 1 fully saturated rings. The summed E-state index contributed by atoms with van der Waals surface area (Å²) >= 11 is 0. The molecule has 0 bridgehead atoms. The molecule has 0 radical (unpaired) electrons. The summed E-state index contributed by atoms with van der Waals surface area (Å²) in [5, 5.41) is 11.8. The van der Waals surface area contributed by atoms with Crippen LogP contribution in [0.15, 0.2) is 48.5 Å². The minimum Gasteiger partial charge on any atom is -0.326 e. The van der Waals surface area contributed by atoms with Gasteiger partial charge in [0, 0.05) is 29.5 Å². The molecule has 1 aliphatic rings. The number of aryl methyl sites for hydroxylation is 1. The van der Waals surface area contributed by atoms with Gasteiger partial charge in [-0.2, -0.15) is 0 Å². The lowest BCUT2D eigenvalue weighted by molar-refractivity contribution is -0.116. The Kier molecular flexibility index (Phi) is 7.64. The largest absolute Gasteiger partial charge is 0.326 e. The molecule has 3 rings (SSSR count). The van der Waals surface area contributed by atoms with Crippen LogP contribution in [-0.2, 0) is 4.79 Å². The molecule has 0 spiro atoms. The van der Waals surface area contributed by atoms with Gasteiger partial charge in [0.05, 0.1) is 0 Å². The van der Waals surface area contributed by atoms with Crippen LogP contribution in [-0.4, -0.2) is 24.5 Å². The molecule has 144 valence electrons. The minimum absolute atomic E-state index is 0. The predicted octanol–water partition coefficient (Wildman–Crippen LogP) is 4.14. The molecular formula is C20H25ClN4O2. The van der Waals surface area contributed by atoms with E-state index in [1.165, 1.54) is 0 Å². The van der Waals surface area contributed by atoms with E-state index in [1.54, 1.807) is 6.07 Å². The Hall–Kier alpha value is -2.57. The van der Waals surface area contributed by atoms with Gasteiger partial charge in [-0.15, -0.1) is 12.4 Å². The Bertz CT molecular complexity index is 777. The number of carbonyl (C=O) groups excluding carboxylic acids is 2. The van der Waals surface area contributed by atoms with E-state index in [2.05, 4.69) is 21.3 Å². The van der Waals surface area contributed by atoms with Gasteiger partial charge in [-0.05, 0) is 56.1 Å². The highest BCUT2D eigenvalue weighted by molar-refractivity contribution is 6.00. The van der Waals surface area contributed by atoms with Crippen LogP contribution in [0.25, 0.3) is 0 Å². The van der Waals surface area contributed by atoms with Crippen molar-refractivity contribution < 1.29 is 9.59 Å². The number of halogens is 1. The predicted molar refractivity (Wildman–Crippen MR) is 112 cm³/mol. The molecule has 1 unspecified atom stereocenters. The van der Waals surface area contributed by atoms with Crippen LogP contribution in [0.4, 0.5) is 21.9 Å². The molecule has 1 heterocycles. The first-order valence-corrected chi connectivity index (χ1v) is 8.87. The van der Waals surface area contributed by atoms with E-state index in [0.29, 0.717) is 17.8 Å². The van der Waals surface area contributed by atoms with E-state index < -0.39 is 0 Å². The number of urea groups is 1. The van der Waals surface area contributed by atoms with Gasteiger partial charge in [-0.1, -0.05) is 24.3 Å². The van der Waals surface area contributed by atoms with Gasteiger partial charge < -0.3 is 21.3 Å². The number of hydrogen-bond donors (Lipinski definition) is 4. The molecule has 1 aliphatic heterocycles. The molecule has 0 saturated carbocycles. The fraction of sp³-hybridized carbons (Fsp3) is 0.300. The second-order valence-corrected chi connectivity index (χ2v) is 6.52. The first-order valence-electron chi connectivity index (χ1n) is 8.87. The Morgan fingerprint density at radius 1 is 1.04 bits per heavy atom. The van der Waals surface area contributed by atoms with Gasteiger partial charge >= 0.3 is 6.03 Å². The molecule has 0 aromatic heterocycles. The van der Waals surface area contributed by atoms with E-state index in [-0.39, 0.29) is 30.4 Å². The SMILES string of the molecule is Cc1ccc(NC(=O)Nc2ccccc2)cc1NC(=O)CC1CCCN1.Cl. The van der Waals surface area contributed by atoms with Crippen molar-refractivity contribution >= 4 is 41.4 Å². The Balaban J connectivity index is 0.00000261. The molecule has 1 saturated heterocycles. The van der Waals surface area contributed by atoms with Gasteiger partial charge in [0.1, 0.15) is 0 Å². The molecule has 1 atom stereocenters. The summed E-state index contributed by atoms with van der Waals surface area (Å²) in [6.07, 6.45) is 2.62. The monoisotopic (exact) mass is 388 g/mol. The second kappa shape index (κ2) is 9.94. The quantitative estimate of drug-likeness (QED) is 0.621. The highest BCUT2D eigenvalue weighted by atomic mass is 35.5. The maximum absolute atomic E-state index is 12.2. The van der Waals surface area contributed by atoms with Gasteiger partial charge in [0.25, 0.3) is 0 Å². The highest BCUT2D eigenvalue weighted by Gasteiger charge is 2.18. The topological polar surface area (TPSA) is 82.3 Å². The molecule has 7 heteroatoms. The number of amides is 3. The molecule has 27 heavy (non-hydrogen) atoms. The maximum atomic E-state index is 12.2. The normalized spacial score (nSPS) is 15.5. The van der Waals surface area contributed by atoms with Crippen molar-refractivity contribution in [2.24, 2.45) is 0 Å². The number of nitrogens with one attached hydrogen (secondary N) is 4. The van der Waals surface area contributed by atoms with Crippen molar-refractivity contribution in [3.05, 3.63) is 54.1 Å². The number of hydrogen-bond acceptors (Lipinski definition) is 3. The molecule has 6 nitrogen and oxygen atoms in total. The number of benzene rings is 2. The van der Waals surface area contributed by atoms with Crippen molar-refractivity contribution in [2.75, 3.05) is 22.5 Å². The van der Waals surface area contributed by atoms with Crippen LogP contribution in [0.2, 0.25) is 0 Å². The summed E-state index contributed by atoms with van der Waals surface area (Å²) in [7, 11) is 0. The van der Waals surface area contributed by atoms with E-state index >= 15 is 0 Å². The summed E-state index contributed by atoms with van der Waals surface area (Å²) in [5.74, 6) is -0.0154. The van der Waals surface area contributed by atoms with Crippen LogP contribution < -0.4 is 21.3 Å². The van der Waals surface area contributed by atoms with Crippen LogP contribution in [0, 0.1) is 6.92 Å². The summed E-state index contributed by atoms with van der Waals surface area (Å²) in [6.45, 7) is 2.91. The summed E-state index contributed by atoms with van der Waals surface area (Å²) in [6, 6.07) is 14.6. The van der Waals surface area contributed by atoms with Crippen LogP contribution >= 0.6 is 12.4 Å². The van der Waals surface area contributed by atoms with Gasteiger partial charge in [0.2, 0.25) is 5.91 Å². The van der Waals surface area contributed by atoms with E-state index in [0.717, 1.165) is 30.6 Å². The van der Waals surface area contributed by atoms with Crippen molar-refractivity contribution in [3.63, 3.8) is 0 Å². The van der Waals surface area contributed by atoms with Crippen LogP contribution in [0.3, 0.4) is 0 Å². The van der Waals surface area contributed by atoms with Crippen LogP contribution in [0.1, 0.15) is 24.8 Å². The van der Waals surface area contributed by atoms with E-state index in [1.807, 2.05) is 49.4 Å². The average molecular weight is 389 g/mol. The standard InChI is InChI=1S/C20H24N4O2.ClH/c1-14-9-10-17(23-20(26)22-15-6-3-2-4-7-15)12-18(14)24-19(25)13-16-8-5-11-21-16;/h2-4,6-7,9-10,12,16,21H,5,8,11,13H2,1H3,(H,24,25)(H2,22,23,26);1H. The molecule has 0 aliphatic carbocycles. The number of anilines is 3. The zero-order valence-electron chi connectivity index (χ0n) is 15.2. The van der Waals surface area contributed by atoms with Crippen molar-refractivity contribution in [2.45, 2.75) is 32.2 Å². The Morgan fingerprint density at radius 2 is 1.78 bits per heavy atom. The third-order valence-corrected chi connectivity index (χ3v) is 4.40. The van der Waals surface area contributed by atoms with Gasteiger partial charge in [0.15, 0.2) is 0 Å². The summed E-state index contributed by atoms with van der Waals surface area (Å²) < 4.78 is 0. The van der Waals surface area contributed by atoms with E-state index in [9.17, 15) is 9.59 Å². The maximum Gasteiger partial charge on any atom is 0.323 e. The minimum atomic E-state index is -0.326. The fourth-order valence-corrected chi connectivity index (χ4v) is 3.01. The lowest BCUT2D eigenvalue weighted by Crippen LogP contribution is -2.27. The lowest BCUT2D eigenvalue weighted by atomic mass is 10.1. The number of rotatable bonds is 5. The lowest BCUT2D eigenvalue weighted by Gasteiger charge is -2.14. The van der Waals surface area contributed by atoms with Gasteiger partial charge in [-0.3, -0.25) is 4.79 Å². The third-order valence-electron chi connectivity index (χ3n) is 4.40.